The lowest BCUT2D eigenvalue weighted by Gasteiger charge is -2.08. The van der Waals surface area contributed by atoms with Crippen LogP contribution in [0.15, 0.2) is 36.4 Å². The third-order valence-electron chi connectivity index (χ3n) is 5.37. The highest BCUT2D eigenvalue weighted by atomic mass is 16.5. The van der Waals surface area contributed by atoms with Crippen molar-refractivity contribution in [3.63, 3.8) is 0 Å². The quantitative estimate of drug-likeness (QED) is 0.634. The van der Waals surface area contributed by atoms with E-state index in [1.54, 1.807) is 0 Å². The summed E-state index contributed by atoms with van der Waals surface area (Å²) in [4.78, 5) is 73.4. The van der Waals surface area contributed by atoms with Gasteiger partial charge in [0.05, 0.1) is 13.1 Å². The summed E-state index contributed by atoms with van der Waals surface area (Å²) in [5.74, 6) is -6.28. The number of carbonyl (C=O) groups excluding carboxylic acids is 6. The second-order valence-corrected chi connectivity index (χ2v) is 7.18. The fourth-order valence-corrected chi connectivity index (χ4v) is 3.83. The first kappa shape index (κ1) is 20.5. The average Bonchev–Trinajstić information content (AvgIpc) is 3.16. The summed E-state index contributed by atoms with van der Waals surface area (Å²) in [6, 6.07) is 8.32. The Morgan fingerprint density at radius 2 is 1.00 bits per heavy atom. The van der Waals surface area contributed by atoms with E-state index in [0.29, 0.717) is 0 Å². The number of nitrogens with two attached hydrogens (primary N) is 2. The van der Waals surface area contributed by atoms with Crippen molar-refractivity contribution in [3.05, 3.63) is 58.7 Å². The lowest BCUT2D eigenvalue weighted by molar-refractivity contribution is -0.119. The van der Waals surface area contributed by atoms with E-state index >= 15 is 0 Å². The van der Waals surface area contributed by atoms with Gasteiger partial charge in [-0.05, 0) is 36.4 Å². The van der Waals surface area contributed by atoms with Crippen LogP contribution in [0.25, 0.3) is 0 Å². The number of fused-ring (bicyclic) bond motifs is 2. The zero-order valence-electron chi connectivity index (χ0n) is 16.0. The lowest BCUT2D eigenvalue weighted by Crippen LogP contribution is -2.31. The van der Waals surface area contributed by atoms with Gasteiger partial charge in [0, 0.05) is 22.3 Å². The van der Waals surface area contributed by atoms with Crippen molar-refractivity contribution in [3.8, 4) is 11.5 Å². The standard InChI is InChI=1S/C22H16N2O7/c23-7-15(25)17-19(27)11-3-1-9(5-13(11)21(17)29)31-10-2-4-12-14(6-10)22(30)18(20(12)28)16(26)8-24/h1-6,17-18H,7-8,23-24H2. The van der Waals surface area contributed by atoms with E-state index in [9.17, 15) is 28.8 Å². The first-order valence-electron chi connectivity index (χ1n) is 9.36. The molecule has 0 spiro atoms. The molecule has 0 saturated carbocycles. The van der Waals surface area contributed by atoms with Crippen LogP contribution in [-0.4, -0.2) is 47.8 Å². The molecule has 0 saturated heterocycles. The Bertz CT molecular complexity index is 1120. The normalized spacial score (nSPS) is 19.4. The van der Waals surface area contributed by atoms with Crippen LogP contribution >= 0.6 is 0 Å². The van der Waals surface area contributed by atoms with E-state index in [4.69, 9.17) is 16.2 Å². The Morgan fingerprint density at radius 3 is 1.35 bits per heavy atom. The van der Waals surface area contributed by atoms with Crippen LogP contribution in [0.3, 0.4) is 0 Å². The highest BCUT2D eigenvalue weighted by molar-refractivity contribution is 6.36. The predicted octanol–water partition coefficient (Wildman–Crippen LogP) is 0.525. The molecule has 4 rings (SSSR count). The third-order valence-corrected chi connectivity index (χ3v) is 5.37. The molecule has 0 aromatic heterocycles. The summed E-state index contributed by atoms with van der Waals surface area (Å²) < 4.78 is 5.69. The highest BCUT2D eigenvalue weighted by Crippen LogP contribution is 2.35. The molecule has 0 amide bonds. The summed E-state index contributed by atoms with van der Waals surface area (Å²) in [5, 5.41) is 0. The number of rotatable bonds is 6. The van der Waals surface area contributed by atoms with Gasteiger partial charge < -0.3 is 16.2 Å². The van der Waals surface area contributed by atoms with E-state index in [-0.39, 0.29) is 33.8 Å². The second kappa shape index (κ2) is 7.46. The lowest BCUT2D eigenvalue weighted by atomic mass is 9.99. The topological polar surface area (TPSA) is 164 Å². The fourth-order valence-electron chi connectivity index (χ4n) is 3.83. The predicted molar refractivity (Wildman–Crippen MR) is 105 cm³/mol. The van der Waals surface area contributed by atoms with Gasteiger partial charge in [0.2, 0.25) is 0 Å². The number of ether oxygens (including phenoxy) is 1. The summed E-state index contributed by atoms with van der Waals surface area (Å²) in [6.07, 6.45) is 0. The van der Waals surface area contributed by atoms with Crippen LogP contribution in [-0.2, 0) is 9.59 Å². The van der Waals surface area contributed by atoms with E-state index in [1.807, 2.05) is 0 Å². The molecule has 2 unspecified atom stereocenters. The molecule has 2 aromatic carbocycles. The van der Waals surface area contributed by atoms with Gasteiger partial charge in [0.15, 0.2) is 34.7 Å². The van der Waals surface area contributed by atoms with Crippen LogP contribution < -0.4 is 16.2 Å². The van der Waals surface area contributed by atoms with Crippen molar-refractivity contribution < 1.29 is 33.5 Å². The molecule has 156 valence electrons. The molecule has 9 nitrogen and oxygen atoms in total. The Balaban J connectivity index is 1.62. The maximum absolute atomic E-state index is 12.5. The Kier molecular flexibility index (Phi) is 4.92. The maximum Gasteiger partial charge on any atom is 0.182 e. The largest absolute Gasteiger partial charge is 0.457 e. The summed E-state index contributed by atoms with van der Waals surface area (Å²) in [6.45, 7) is -0.843. The first-order chi connectivity index (χ1) is 14.8. The third kappa shape index (κ3) is 3.11. The summed E-state index contributed by atoms with van der Waals surface area (Å²) >= 11 is 0. The molecule has 2 atom stereocenters. The number of ketones is 6. The molecule has 2 aliphatic rings. The van der Waals surface area contributed by atoms with E-state index < -0.39 is 59.6 Å². The van der Waals surface area contributed by atoms with Gasteiger partial charge in [-0.15, -0.1) is 0 Å². The number of hydrogen-bond donors (Lipinski definition) is 2. The van der Waals surface area contributed by atoms with Crippen LogP contribution in [0.1, 0.15) is 41.4 Å². The molecule has 9 heteroatoms. The molecule has 2 aliphatic carbocycles. The van der Waals surface area contributed by atoms with Crippen molar-refractivity contribution in [2.45, 2.75) is 0 Å². The molecule has 31 heavy (non-hydrogen) atoms. The van der Waals surface area contributed by atoms with Gasteiger partial charge in [0.25, 0.3) is 0 Å². The van der Waals surface area contributed by atoms with Gasteiger partial charge in [0.1, 0.15) is 23.3 Å². The van der Waals surface area contributed by atoms with Crippen LogP contribution in [0.4, 0.5) is 0 Å². The van der Waals surface area contributed by atoms with Gasteiger partial charge in [-0.2, -0.15) is 0 Å². The van der Waals surface area contributed by atoms with Crippen LogP contribution in [0.2, 0.25) is 0 Å². The van der Waals surface area contributed by atoms with Gasteiger partial charge in [-0.3, -0.25) is 28.8 Å². The molecule has 4 N–H and O–H groups in total. The first-order valence-corrected chi connectivity index (χ1v) is 9.36. The van der Waals surface area contributed by atoms with Crippen molar-refractivity contribution in [1.29, 1.82) is 0 Å². The average molecular weight is 420 g/mol. The monoisotopic (exact) mass is 420 g/mol. The zero-order chi connectivity index (χ0) is 22.4. The summed E-state index contributed by atoms with van der Waals surface area (Å²) in [5.41, 5.74) is 10.9. The number of hydrogen-bond acceptors (Lipinski definition) is 9. The van der Waals surface area contributed by atoms with Crippen LogP contribution in [0, 0.1) is 11.8 Å². The molecule has 0 heterocycles. The van der Waals surface area contributed by atoms with Gasteiger partial charge >= 0.3 is 0 Å². The minimum Gasteiger partial charge on any atom is -0.457 e. The molecule has 0 fully saturated rings. The minimum atomic E-state index is -1.43. The highest BCUT2D eigenvalue weighted by Gasteiger charge is 2.44. The maximum atomic E-state index is 12.5. The second-order valence-electron chi connectivity index (χ2n) is 7.18. The SMILES string of the molecule is NCC(=O)C1C(=O)c2ccc(Oc3ccc4c(c3)C(=O)C(C(=O)CN)C4=O)cc2C1=O. The number of Topliss-reactive ketones (excluding diaryl/α,β-unsaturated/α-hetero) is 6. The smallest absolute Gasteiger partial charge is 0.182 e. The number of benzene rings is 2. The number of carbonyl (C=O) groups is 6. The Labute approximate surface area is 175 Å². The van der Waals surface area contributed by atoms with E-state index in [2.05, 4.69) is 0 Å². The molecular formula is C22H16N2O7. The molecule has 0 bridgehead atoms. The van der Waals surface area contributed by atoms with Crippen molar-refractivity contribution in [1.82, 2.24) is 0 Å². The molecule has 0 aliphatic heterocycles. The molecule has 0 radical (unpaired) electrons. The van der Waals surface area contributed by atoms with Gasteiger partial charge in [-0.25, -0.2) is 0 Å². The van der Waals surface area contributed by atoms with Gasteiger partial charge in [-0.1, -0.05) is 0 Å². The zero-order valence-corrected chi connectivity index (χ0v) is 16.0. The van der Waals surface area contributed by atoms with E-state index in [1.165, 1.54) is 36.4 Å². The van der Waals surface area contributed by atoms with E-state index in [0.717, 1.165) is 0 Å². The van der Waals surface area contributed by atoms with Crippen molar-refractivity contribution in [2.75, 3.05) is 13.1 Å². The Morgan fingerprint density at radius 1 is 0.645 bits per heavy atom. The van der Waals surface area contributed by atoms with Crippen molar-refractivity contribution in [2.24, 2.45) is 23.3 Å². The van der Waals surface area contributed by atoms with Crippen LogP contribution in [0.5, 0.6) is 11.5 Å². The molecular weight excluding hydrogens is 404 g/mol. The fraction of sp³-hybridized carbons (Fsp3) is 0.182. The minimum absolute atomic E-state index is 0.0512. The summed E-state index contributed by atoms with van der Waals surface area (Å²) in [7, 11) is 0. The Hall–Kier alpha value is -3.82. The molecule has 2 aromatic rings. The van der Waals surface area contributed by atoms with Crippen molar-refractivity contribution >= 4 is 34.7 Å².